The Kier molecular flexibility index (Phi) is 4.70. The molecule has 5 nitrogen and oxygen atoms in total. The molecule has 2 aromatic carbocycles. The zero-order chi connectivity index (χ0) is 16.9. The average Bonchev–Trinajstić information content (AvgIpc) is 3.09. The van der Waals surface area contributed by atoms with Crippen molar-refractivity contribution in [2.24, 2.45) is 0 Å². The van der Waals surface area contributed by atoms with Gasteiger partial charge in [0.1, 0.15) is 0 Å². The highest BCUT2D eigenvalue weighted by molar-refractivity contribution is 5.83. The van der Waals surface area contributed by atoms with Gasteiger partial charge in [-0.1, -0.05) is 53.2 Å². The molecule has 0 bridgehead atoms. The number of rotatable bonds is 5. The number of benzene rings is 2. The summed E-state index contributed by atoms with van der Waals surface area (Å²) in [4.78, 5) is 16.6. The molecule has 1 heterocycles. The summed E-state index contributed by atoms with van der Waals surface area (Å²) in [6, 6.07) is 17.5. The van der Waals surface area contributed by atoms with Gasteiger partial charge in [-0.05, 0) is 31.5 Å². The minimum absolute atomic E-state index is 0.0666. The Balaban J connectivity index is 1.62. The molecule has 122 valence electrons. The lowest BCUT2D eigenvalue weighted by molar-refractivity contribution is -0.122. The lowest BCUT2D eigenvalue weighted by atomic mass is 10.0. The molecule has 0 saturated carbocycles. The molecular formula is C19H19N3O2. The third-order valence-corrected chi connectivity index (χ3v) is 3.85. The van der Waals surface area contributed by atoms with Crippen molar-refractivity contribution in [2.45, 2.75) is 26.3 Å². The summed E-state index contributed by atoms with van der Waals surface area (Å²) in [6.07, 6.45) is 0. The summed E-state index contributed by atoms with van der Waals surface area (Å²) in [5.74, 6) is 0.622. The summed E-state index contributed by atoms with van der Waals surface area (Å²) >= 11 is 0. The number of carbonyl (C=O) groups is 1. The van der Waals surface area contributed by atoms with E-state index in [1.807, 2.05) is 68.4 Å². The largest absolute Gasteiger partial charge is 0.348 e. The van der Waals surface area contributed by atoms with Crippen LogP contribution in [-0.4, -0.2) is 16.0 Å². The van der Waals surface area contributed by atoms with Crippen LogP contribution in [0.4, 0.5) is 0 Å². The maximum atomic E-state index is 12.2. The molecule has 0 fully saturated rings. The second-order valence-corrected chi connectivity index (χ2v) is 5.74. The predicted molar refractivity (Wildman–Crippen MR) is 91.2 cm³/mol. The maximum Gasteiger partial charge on any atom is 0.257 e. The normalized spacial score (nSPS) is 11.9. The first-order valence-corrected chi connectivity index (χ1v) is 7.86. The van der Waals surface area contributed by atoms with Gasteiger partial charge in [0.15, 0.2) is 5.82 Å². The van der Waals surface area contributed by atoms with Crippen LogP contribution in [0, 0.1) is 6.92 Å². The zero-order valence-electron chi connectivity index (χ0n) is 13.7. The molecule has 0 spiro atoms. The van der Waals surface area contributed by atoms with E-state index in [-0.39, 0.29) is 18.4 Å². The fourth-order valence-electron chi connectivity index (χ4n) is 2.43. The molecule has 1 atom stereocenters. The fraction of sp³-hybridized carbons (Fsp3) is 0.211. The Hall–Kier alpha value is -2.95. The third-order valence-electron chi connectivity index (χ3n) is 3.85. The Labute approximate surface area is 140 Å². The quantitative estimate of drug-likeness (QED) is 0.781. The van der Waals surface area contributed by atoms with Gasteiger partial charge in [0.25, 0.3) is 5.89 Å². The minimum atomic E-state index is -0.227. The molecule has 1 unspecified atom stereocenters. The molecule has 0 saturated heterocycles. The van der Waals surface area contributed by atoms with Crippen molar-refractivity contribution in [3.63, 3.8) is 0 Å². The van der Waals surface area contributed by atoms with Crippen molar-refractivity contribution in [3.8, 4) is 11.5 Å². The first-order valence-electron chi connectivity index (χ1n) is 7.86. The van der Waals surface area contributed by atoms with Crippen LogP contribution in [0.2, 0.25) is 0 Å². The smallest absolute Gasteiger partial charge is 0.257 e. The van der Waals surface area contributed by atoms with E-state index in [1.54, 1.807) is 0 Å². The van der Waals surface area contributed by atoms with Crippen LogP contribution in [0.15, 0.2) is 59.1 Å². The molecule has 1 amide bonds. The first kappa shape index (κ1) is 15.9. The number of nitrogens with one attached hydrogen (secondary N) is 1. The molecule has 24 heavy (non-hydrogen) atoms. The van der Waals surface area contributed by atoms with Crippen molar-refractivity contribution in [1.82, 2.24) is 15.5 Å². The molecule has 0 radical (unpaired) electrons. The third kappa shape index (κ3) is 3.68. The second kappa shape index (κ2) is 7.08. The molecule has 1 N–H and O–H groups in total. The van der Waals surface area contributed by atoms with Crippen LogP contribution in [-0.2, 0) is 11.3 Å². The Morgan fingerprint density at radius 3 is 2.71 bits per heavy atom. The van der Waals surface area contributed by atoms with Gasteiger partial charge in [-0.15, -0.1) is 0 Å². The van der Waals surface area contributed by atoms with Crippen LogP contribution in [0.25, 0.3) is 11.5 Å². The summed E-state index contributed by atoms with van der Waals surface area (Å²) in [5.41, 5.74) is 2.97. The molecule has 0 aliphatic carbocycles. The SMILES string of the molecule is Cc1cccc(-c2nc(CNC(=O)C(C)c3ccccc3)no2)c1. The number of hydrogen-bond donors (Lipinski definition) is 1. The van der Waals surface area contributed by atoms with Gasteiger partial charge in [-0.25, -0.2) is 0 Å². The highest BCUT2D eigenvalue weighted by Gasteiger charge is 2.16. The fourth-order valence-corrected chi connectivity index (χ4v) is 2.43. The maximum absolute atomic E-state index is 12.2. The van der Waals surface area contributed by atoms with Crippen LogP contribution in [0.3, 0.4) is 0 Å². The van der Waals surface area contributed by atoms with Gasteiger partial charge < -0.3 is 9.84 Å². The molecule has 5 heteroatoms. The number of carbonyl (C=O) groups excluding carboxylic acids is 1. The second-order valence-electron chi connectivity index (χ2n) is 5.74. The minimum Gasteiger partial charge on any atom is -0.348 e. The summed E-state index contributed by atoms with van der Waals surface area (Å²) in [7, 11) is 0. The van der Waals surface area contributed by atoms with Crippen molar-refractivity contribution in [2.75, 3.05) is 0 Å². The molecule has 0 aliphatic heterocycles. The summed E-state index contributed by atoms with van der Waals surface area (Å²) in [5, 5.41) is 6.77. The standard InChI is InChI=1S/C19H19N3O2/c1-13-7-6-10-16(11-13)19-21-17(22-24-19)12-20-18(23)14(2)15-8-4-3-5-9-15/h3-11,14H,12H2,1-2H3,(H,20,23). The Morgan fingerprint density at radius 2 is 1.96 bits per heavy atom. The Morgan fingerprint density at radius 1 is 1.17 bits per heavy atom. The number of aromatic nitrogens is 2. The van der Waals surface area contributed by atoms with Crippen LogP contribution in [0.5, 0.6) is 0 Å². The van der Waals surface area contributed by atoms with Gasteiger partial charge in [-0.3, -0.25) is 4.79 Å². The van der Waals surface area contributed by atoms with Crippen molar-refractivity contribution < 1.29 is 9.32 Å². The lowest BCUT2D eigenvalue weighted by Crippen LogP contribution is -2.27. The van der Waals surface area contributed by atoms with Crippen LogP contribution in [0.1, 0.15) is 29.8 Å². The summed E-state index contributed by atoms with van der Waals surface area (Å²) < 4.78 is 5.27. The van der Waals surface area contributed by atoms with Crippen LogP contribution < -0.4 is 5.32 Å². The van der Waals surface area contributed by atoms with Gasteiger partial charge in [-0.2, -0.15) is 4.98 Å². The van der Waals surface area contributed by atoms with Gasteiger partial charge in [0, 0.05) is 5.56 Å². The van der Waals surface area contributed by atoms with E-state index in [4.69, 9.17) is 4.52 Å². The lowest BCUT2D eigenvalue weighted by Gasteiger charge is -2.11. The van der Waals surface area contributed by atoms with Crippen molar-refractivity contribution >= 4 is 5.91 Å². The first-order chi connectivity index (χ1) is 11.6. The van der Waals surface area contributed by atoms with Gasteiger partial charge in [0.2, 0.25) is 5.91 Å². The Bertz CT molecular complexity index is 827. The van der Waals surface area contributed by atoms with Crippen molar-refractivity contribution in [1.29, 1.82) is 0 Å². The monoisotopic (exact) mass is 321 g/mol. The molecular weight excluding hydrogens is 302 g/mol. The van der Waals surface area contributed by atoms with E-state index >= 15 is 0 Å². The number of amides is 1. The number of aryl methyl sites for hydroxylation is 1. The van der Waals surface area contributed by atoms with E-state index < -0.39 is 0 Å². The van der Waals surface area contributed by atoms with E-state index in [0.29, 0.717) is 11.7 Å². The molecule has 3 rings (SSSR count). The molecule has 1 aromatic heterocycles. The van der Waals surface area contributed by atoms with Gasteiger partial charge in [0.05, 0.1) is 12.5 Å². The predicted octanol–water partition coefficient (Wildman–Crippen LogP) is 3.46. The van der Waals surface area contributed by atoms with E-state index in [1.165, 1.54) is 0 Å². The summed E-state index contributed by atoms with van der Waals surface area (Å²) in [6.45, 7) is 4.12. The van der Waals surface area contributed by atoms with E-state index in [0.717, 1.165) is 16.7 Å². The molecule has 0 aliphatic rings. The highest BCUT2D eigenvalue weighted by Crippen LogP contribution is 2.18. The number of hydrogen-bond acceptors (Lipinski definition) is 4. The molecule has 3 aromatic rings. The van der Waals surface area contributed by atoms with Gasteiger partial charge >= 0.3 is 0 Å². The number of nitrogens with zero attached hydrogens (tertiary/aromatic N) is 2. The van der Waals surface area contributed by atoms with Crippen molar-refractivity contribution in [3.05, 3.63) is 71.5 Å². The zero-order valence-corrected chi connectivity index (χ0v) is 13.7. The van der Waals surface area contributed by atoms with Crippen LogP contribution >= 0.6 is 0 Å². The van der Waals surface area contributed by atoms with E-state index in [2.05, 4.69) is 15.5 Å². The average molecular weight is 321 g/mol. The van der Waals surface area contributed by atoms with E-state index in [9.17, 15) is 4.79 Å². The highest BCUT2D eigenvalue weighted by atomic mass is 16.5. The topological polar surface area (TPSA) is 68.0 Å².